The van der Waals surface area contributed by atoms with Gasteiger partial charge in [0.25, 0.3) is 0 Å². The molecule has 1 aliphatic carbocycles. The number of rotatable bonds is 2. The highest BCUT2D eigenvalue weighted by atomic mass is 16.2. The van der Waals surface area contributed by atoms with E-state index in [1.807, 2.05) is 25.8 Å². The van der Waals surface area contributed by atoms with Crippen LogP contribution in [0.25, 0.3) is 0 Å². The van der Waals surface area contributed by atoms with Gasteiger partial charge in [0.2, 0.25) is 0 Å². The van der Waals surface area contributed by atoms with Crippen molar-refractivity contribution in [2.75, 3.05) is 7.05 Å². The molecule has 0 aromatic rings. The molecule has 1 fully saturated rings. The van der Waals surface area contributed by atoms with Gasteiger partial charge in [-0.15, -0.1) is 0 Å². The lowest BCUT2D eigenvalue weighted by molar-refractivity contribution is 0.143. The minimum absolute atomic E-state index is 0.0729. The van der Waals surface area contributed by atoms with Crippen LogP contribution in [0.15, 0.2) is 0 Å². The summed E-state index contributed by atoms with van der Waals surface area (Å²) in [5.41, 5.74) is 0. The second-order valence-electron chi connectivity index (χ2n) is 5.04. The van der Waals surface area contributed by atoms with Gasteiger partial charge in [0.05, 0.1) is 0 Å². The first-order valence-electron chi connectivity index (χ1n) is 6.05. The zero-order valence-electron chi connectivity index (χ0n) is 10.4. The van der Waals surface area contributed by atoms with Crippen molar-refractivity contribution in [1.82, 2.24) is 10.2 Å². The Labute approximate surface area is 93.2 Å². The summed E-state index contributed by atoms with van der Waals surface area (Å²) in [4.78, 5) is 13.7. The van der Waals surface area contributed by atoms with Gasteiger partial charge < -0.3 is 10.2 Å². The van der Waals surface area contributed by atoms with Crippen LogP contribution in [-0.4, -0.2) is 30.1 Å². The molecule has 1 rings (SSSR count). The standard InChI is InChI=1S/C12H24N2O/c1-9(2)13-12(15)14(4)11-8-6-5-7-10(11)3/h9-11H,5-8H2,1-4H3,(H,13,15). The molecule has 0 aromatic carbocycles. The van der Waals surface area contributed by atoms with E-state index in [1.54, 1.807) is 0 Å². The fraction of sp³-hybridized carbons (Fsp3) is 0.917. The summed E-state index contributed by atoms with van der Waals surface area (Å²) in [5.74, 6) is 0.640. The number of amides is 2. The van der Waals surface area contributed by atoms with Crippen LogP contribution < -0.4 is 5.32 Å². The number of carbonyl (C=O) groups is 1. The number of hydrogen-bond donors (Lipinski definition) is 1. The molecule has 0 spiro atoms. The van der Waals surface area contributed by atoms with Gasteiger partial charge in [-0.2, -0.15) is 0 Å². The average Bonchev–Trinajstić information content (AvgIpc) is 2.16. The van der Waals surface area contributed by atoms with Gasteiger partial charge in [0.1, 0.15) is 0 Å². The molecule has 88 valence electrons. The van der Waals surface area contributed by atoms with Crippen LogP contribution in [0.5, 0.6) is 0 Å². The third kappa shape index (κ3) is 3.40. The van der Waals surface area contributed by atoms with Gasteiger partial charge in [-0.1, -0.05) is 19.8 Å². The first-order chi connectivity index (χ1) is 7.02. The van der Waals surface area contributed by atoms with Gasteiger partial charge in [-0.3, -0.25) is 0 Å². The monoisotopic (exact) mass is 212 g/mol. The number of nitrogens with zero attached hydrogens (tertiary/aromatic N) is 1. The molecule has 2 amide bonds. The zero-order valence-corrected chi connectivity index (χ0v) is 10.4. The van der Waals surface area contributed by atoms with Crippen LogP contribution in [0.3, 0.4) is 0 Å². The molecule has 15 heavy (non-hydrogen) atoms. The lowest BCUT2D eigenvalue weighted by Gasteiger charge is -2.36. The maximum atomic E-state index is 11.8. The number of urea groups is 1. The smallest absolute Gasteiger partial charge is 0.317 e. The molecule has 0 bridgehead atoms. The fourth-order valence-electron chi connectivity index (χ4n) is 2.37. The van der Waals surface area contributed by atoms with E-state index in [0.29, 0.717) is 12.0 Å². The highest BCUT2D eigenvalue weighted by Gasteiger charge is 2.27. The third-order valence-electron chi connectivity index (χ3n) is 3.30. The molecular weight excluding hydrogens is 188 g/mol. The van der Waals surface area contributed by atoms with Crippen LogP contribution in [0, 0.1) is 5.92 Å². The Kier molecular flexibility index (Phi) is 4.43. The molecule has 0 heterocycles. The minimum Gasteiger partial charge on any atom is -0.336 e. The Morgan fingerprint density at radius 2 is 1.93 bits per heavy atom. The predicted molar refractivity (Wildman–Crippen MR) is 62.9 cm³/mol. The van der Waals surface area contributed by atoms with E-state index in [4.69, 9.17) is 0 Å². The van der Waals surface area contributed by atoms with Crippen molar-refractivity contribution in [3.63, 3.8) is 0 Å². The first kappa shape index (κ1) is 12.3. The van der Waals surface area contributed by atoms with Crippen molar-refractivity contribution >= 4 is 6.03 Å². The molecular formula is C12H24N2O. The van der Waals surface area contributed by atoms with Crippen molar-refractivity contribution in [2.24, 2.45) is 5.92 Å². The number of nitrogens with one attached hydrogen (secondary N) is 1. The highest BCUT2D eigenvalue weighted by molar-refractivity contribution is 5.74. The van der Waals surface area contributed by atoms with E-state index in [2.05, 4.69) is 12.2 Å². The topological polar surface area (TPSA) is 32.3 Å². The Balaban J connectivity index is 2.50. The molecule has 0 saturated heterocycles. The van der Waals surface area contributed by atoms with Crippen molar-refractivity contribution in [3.05, 3.63) is 0 Å². The summed E-state index contributed by atoms with van der Waals surface area (Å²) in [6.07, 6.45) is 4.98. The van der Waals surface area contributed by atoms with Crippen molar-refractivity contribution < 1.29 is 4.79 Å². The largest absolute Gasteiger partial charge is 0.336 e. The van der Waals surface area contributed by atoms with Crippen LogP contribution in [-0.2, 0) is 0 Å². The molecule has 1 saturated carbocycles. The third-order valence-corrected chi connectivity index (χ3v) is 3.30. The SMILES string of the molecule is CC(C)NC(=O)N(C)C1CCCCC1C. The Hall–Kier alpha value is -0.730. The lowest BCUT2D eigenvalue weighted by Crippen LogP contribution is -2.48. The van der Waals surface area contributed by atoms with Crippen LogP contribution in [0.2, 0.25) is 0 Å². The molecule has 3 nitrogen and oxygen atoms in total. The Bertz CT molecular complexity index is 216. The van der Waals surface area contributed by atoms with E-state index in [9.17, 15) is 4.79 Å². The maximum Gasteiger partial charge on any atom is 0.317 e. The molecule has 0 radical (unpaired) electrons. The van der Waals surface area contributed by atoms with E-state index in [0.717, 1.165) is 6.42 Å². The molecule has 2 atom stereocenters. The zero-order chi connectivity index (χ0) is 11.4. The summed E-state index contributed by atoms with van der Waals surface area (Å²) in [5, 5.41) is 2.95. The summed E-state index contributed by atoms with van der Waals surface area (Å²) >= 11 is 0. The average molecular weight is 212 g/mol. The summed E-state index contributed by atoms with van der Waals surface area (Å²) in [6, 6.07) is 0.722. The predicted octanol–water partition coefficient (Wildman–Crippen LogP) is 2.61. The molecule has 1 aliphatic rings. The maximum absolute atomic E-state index is 11.8. The van der Waals surface area contributed by atoms with Gasteiger partial charge in [0, 0.05) is 19.1 Å². The van der Waals surface area contributed by atoms with Crippen molar-refractivity contribution in [1.29, 1.82) is 0 Å². The molecule has 0 aliphatic heterocycles. The number of carbonyl (C=O) groups excluding carboxylic acids is 1. The Morgan fingerprint density at radius 1 is 1.33 bits per heavy atom. The van der Waals surface area contributed by atoms with Gasteiger partial charge in [-0.25, -0.2) is 4.79 Å². The summed E-state index contributed by atoms with van der Waals surface area (Å²) < 4.78 is 0. The highest BCUT2D eigenvalue weighted by Crippen LogP contribution is 2.27. The van der Waals surface area contributed by atoms with Crippen LogP contribution >= 0.6 is 0 Å². The summed E-state index contributed by atoms with van der Waals surface area (Å²) in [6.45, 7) is 6.25. The lowest BCUT2D eigenvalue weighted by atomic mass is 9.85. The van der Waals surface area contributed by atoms with E-state index < -0.39 is 0 Å². The fourth-order valence-corrected chi connectivity index (χ4v) is 2.37. The summed E-state index contributed by atoms with van der Waals surface area (Å²) in [7, 11) is 1.92. The van der Waals surface area contributed by atoms with Crippen molar-refractivity contribution in [3.8, 4) is 0 Å². The minimum atomic E-state index is 0.0729. The van der Waals surface area contributed by atoms with Crippen molar-refractivity contribution in [2.45, 2.75) is 58.5 Å². The van der Waals surface area contributed by atoms with E-state index >= 15 is 0 Å². The molecule has 0 aromatic heterocycles. The van der Waals surface area contributed by atoms with Gasteiger partial charge >= 0.3 is 6.03 Å². The van der Waals surface area contributed by atoms with Gasteiger partial charge in [-0.05, 0) is 32.6 Å². The second kappa shape index (κ2) is 5.38. The van der Waals surface area contributed by atoms with Gasteiger partial charge in [0.15, 0.2) is 0 Å². The molecule has 2 unspecified atom stereocenters. The van der Waals surface area contributed by atoms with E-state index in [-0.39, 0.29) is 12.1 Å². The normalized spacial score (nSPS) is 26.5. The molecule has 1 N–H and O–H groups in total. The van der Waals surface area contributed by atoms with E-state index in [1.165, 1.54) is 19.3 Å². The quantitative estimate of drug-likeness (QED) is 0.749. The first-order valence-corrected chi connectivity index (χ1v) is 6.05. The second-order valence-corrected chi connectivity index (χ2v) is 5.04. The van der Waals surface area contributed by atoms with Crippen LogP contribution in [0.4, 0.5) is 4.79 Å². The Morgan fingerprint density at radius 3 is 2.47 bits per heavy atom. The van der Waals surface area contributed by atoms with Crippen LogP contribution in [0.1, 0.15) is 46.5 Å². The number of hydrogen-bond acceptors (Lipinski definition) is 1. The molecule has 3 heteroatoms.